The Balaban J connectivity index is 1.94. The van der Waals surface area contributed by atoms with Crippen molar-refractivity contribution in [3.05, 3.63) is 52.4 Å². The van der Waals surface area contributed by atoms with E-state index >= 15 is 0 Å². The summed E-state index contributed by atoms with van der Waals surface area (Å²) in [5.74, 6) is 0.485. The van der Waals surface area contributed by atoms with Crippen LogP contribution in [0.15, 0.2) is 41.9 Å². The van der Waals surface area contributed by atoms with Gasteiger partial charge in [0, 0.05) is 5.69 Å². The first kappa shape index (κ1) is 11.9. The van der Waals surface area contributed by atoms with Crippen molar-refractivity contribution in [2.45, 2.75) is 0 Å². The Morgan fingerprint density at radius 2 is 2.11 bits per heavy atom. The number of hydrogen-bond donors (Lipinski definition) is 1. The van der Waals surface area contributed by atoms with Crippen molar-refractivity contribution >= 4 is 34.6 Å². The molecule has 0 amide bonds. The van der Waals surface area contributed by atoms with E-state index in [1.54, 1.807) is 6.20 Å². The van der Waals surface area contributed by atoms with Gasteiger partial charge in [0.1, 0.15) is 0 Å². The van der Waals surface area contributed by atoms with Gasteiger partial charge >= 0.3 is 11.2 Å². The van der Waals surface area contributed by atoms with Crippen molar-refractivity contribution in [3.8, 4) is 11.4 Å². The molecule has 0 spiro atoms. The molecule has 2 heterocycles. The SMILES string of the molecule is Clc1cnc(Nc2ccccc2)nc1-c1csc#[n+]1. The van der Waals surface area contributed by atoms with Crippen LogP contribution in [0.2, 0.25) is 5.02 Å². The molecule has 92 valence electrons. The van der Waals surface area contributed by atoms with Crippen LogP contribution >= 0.6 is 22.9 Å². The van der Waals surface area contributed by atoms with Gasteiger partial charge in [0.05, 0.1) is 16.6 Å². The fraction of sp³-hybridized carbons (Fsp3) is 0. The van der Waals surface area contributed by atoms with Crippen molar-refractivity contribution in [2.24, 2.45) is 0 Å². The third kappa shape index (κ3) is 2.65. The highest BCUT2D eigenvalue weighted by molar-refractivity contribution is 7.06. The maximum Gasteiger partial charge on any atom is 0.382 e. The van der Waals surface area contributed by atoms with Crippen LogP contribution < -0.4 is 10.3 Å². The van der Waals surface area contributed by atoms with E-state index in [0.29, 0.717) is 22.4 Å². The van der Waals surface area contributed by atoms with Crippen molar-refractivity contribution in [1.29, 1.82) is 0 Å². The number of rotatable bonds is 3. The van der Waals surface area contributed by atoms with Gasteiger partial charge in [-0.1, -0.05) is 29.8 Å². The van der Waals surface area contributed by atoms with E-state index < -0.39 is 0 Å². The minimum Gasteiger partial charge on any atom is -0.324 e. The molecular weight excluding hydrogens is 280 g/mol. The molecule has 0 aliphatic rings. The molecule has 3 aromatic rings. The largest absolute Gasteiger partial charge is 0.382 e. The summed E-state index contributed by atoms with van der Waals surface area (Å²) in [5, 5.41) is 5.44. The van der Waals surface area contributed by atoms with Gasteiger partial charge in [0.2, 0.25) is 5.95 Å². The van der Waals surface area contributed by atoms with E-state index in [9.17, 15) is 0 Å². The average Bonchev–Trinajstić information content (AvgIpc) is 2.96. The third-order valence-corrected chi connectivity index (χ3v) is 3.22. The number of para-hydroxylation sites is 1. The summed E-state index contributed by atoms with van der Waals surface area (Å²) in [6.45, 7) is 0. The Kier molecular flexibility index (Phi) is 3.27. The highest BCUT2D eigenvalue weighted by atomic mass is 35.5. The van der Waals surface area contributed by atoms with Crippen LogP contribution in [0.25, 0.3) is 11.4 Å². The summed E-state index contributed by atoms with van der Waals surface area (Å²) in [6, 6.07) is 9.70. The molecule has 2 aromatic heterocycles. The Hall–Kier alpha value is -2.16. The van der Waals surface area contributed by atoms with Crippen LogP contribution in [0, 0.1) is 5.51 Å². The molecule has 1 aromatic carbocycles. The van der Waals surface area contributed by atoms with Gasteiger partial charge in [0.15, 0.2) is 5.69 Å². The predicted octanol–water partition coefficient (Wildman–Crippen LogP) is 3.00. The number of hydrogen-bond acceptors (Lipinski definition) is 4. The van der Waals surface area contributed by atoms with E-state index in [-0.39, 0.29) is 0 Å². The van der Waals surface area contributed by atoms with E-state index in [1.807, 2.05) is 35.7 Å². The second-order valence-corrected chi connectivity index (χ2v) is 4.77. The lowest BCUT2D eigenvalue weighted by Crippen LogP contribution is -2.01. The molecule has 0 bridgehead atoms. The van der Waals surface area contributed by atoms with E-state index in [0.717, 1.165) is 5.69 Å². The first-order valence-corrected chi connectivity index (χ1v) is 6.75. The van der Waals surface area contributed by atoms with Gasteiger partial charge in [-0.2, -0.15) is 0 Å². The molecular formula is C13H8ClN4S+. The lowest BCUT2D eigenvalue weighted by molar-refractivity contribution is -0.275. The fourth-order valence-electron chi connectivity index (χ4n) is 1.55. The molecule has 6 heteroatoms. The number of nitrogens with one attached hydrogen (secondary N) is 1. The molecule has 3 rings (SSSR count). The van der Waals surface area contributed by atoms with Crippen LogP contribution in [0.5, 0.6) is 0 Å². The van der Waals surface area contributed by atoms with Gasteiger partial charge < -0.3 is 5.32 Å². The van der Waals surface area contributed by atoms with E-state index in [4.69, 9.17) is 11.6 Å². The van der Waals surface area contributed by atoms with Crippen LogP contribution in [0.3, 0.4) is 0 Å². The van der Waals surface area contributed by atoms with E-state index in [1.165, 1.54) is 11.3 Å². The standard InChI is InChI=1S/C13H8ClN4S/c14-10-6-15-13(17-9-4-2-1-3-5-9)18-12(10)11-7-19-8-16-11/h1-7H,(H,15,17,18)/q+1. The van der Waals surface area contributed by atoms with Crippen LogP contribution in [-0.2, 0) is 0 Å². The number of benzene rings is 1. The highest BCUT2D eigenvalue weighted by Gasteiger charge is 2.17. The predicted molar refractivity (Wildman–Crippen MR) is 74.5 cm³/mol. The van der Waals surface area contributed by atoms with Crippen molar-refractivity contribution in [2.75, 3.05) is 5.32 Å². The van der Waals surface area contributed by atoms with Crippen molar-refractivity contribution in [3.63, 3.8) is 0 Å². The summed E-state index contributed by atoms with van der Waals surface area (Å²) in [7, 11) is 0. The van der Waals surface area contributed by atoms with Gasteiger partial charge in [-0.3, -0.25) is 0 Å². The van der Waals surface area contributed by atoms with Gasteiger partial charge in [0.25, 0.3) is 0 Å². The minimum absolute atomic E-state index is 0.470. The molecule has 4 nitrogen and oxygen atoms in total. The molecule has 1 N–H and O–H groups in total. The number of halogens is 1. The summed E-state index contributed by atoms with van der Waals surface area (Å²) in [4.78, 5) is 12.6. The van der Waals surface area contributed by atoms with E-state index in [2.05, 4.69) is 25.8 Å². The Labute approximate surface area is 119 Å². The lowest BCUT2D eigenvalue weighted by Gasteiger charge is -2.04. The highest BCUT2D eigenvalue weighted by Crippen LogP contribution is 2.24. The smallest absolute Gasteiger partial charge is 0.324 e. The monoisotopic (exact) mass is 287 g/mol. The summed E-state index contributed by atoms with van der Waals surface area (Å²) >= 11 is 7.47. The van der Waals surface area contributed by atoms with Gasteiger partial charge in [-0.15, -0.1) is 0 Å². The van der Waals surface area contributed by atoms with Gasteiger partial charge in [-0.05, 0) is 28.5 Å². The number of nitrogens with zero attached hydrogens (tertiary/aromatic N) is 3. The summed E-state index contributed by atoms with van der Waals surface area (Å²) in [5.41, 5.74) is 5.00. The Bertz CT molecular complexity index is 670. The molecule has 0 atom stereocenters. The fourth-order valence-corrected chi connectivity index (χ4v) is 2.22. The third-order valence-electron chi connectivity index (χ3n) is 2.41. The van der Waals surface area contributed by atoms with Crippen LogP contribution in [0.4, 0.5) is 11.6 Å². The maximum atomic E-state index is 6.09. The molecule has 0 unspecified atom stereocenters. The van der Waals surface area contributed by atoms with Crippen molar-refractivity contribution in [1.82, 2.24) is 9.97 Å². The average molecular weight is 288 g/mol. The zero-order valence-corrected chi connectivity index (χ0v) is 11.2. The Morgan fingerprint density at radius 1 is 1.26 bits per heavy atom. The zero-order chi connectivity index (χ0) is 13.1. The summed E-state index contributed by atoms with van der Waals surface area (Å²) < 4.78 is 0. The second kappa shape index (κ2) is 5.22. The topological polar surface area (TPSA) is 51.9 Å². The Morgan fingerprint density at radius 3 is 2.84 bits per heavy atom. The molecule has 0 radical (unpaired) electrons. The molecule has 19 heavy (non-hydrogen) atoms. The molecule has 0 saturated carbocycles. The molecule has 0 saturated heterocycles. The van der Waals surface area contributed by atoms with Crippen molar-refractivity contribution < 1.29 is 4.98 Å². The second-order valence-electron chi connectivity index (χ2n) is 3.71. The first-order chi connectivity index (χ1) is 9.33. The maximum absolute atomic E-state index is 6.09. The molecule has 0 fully saturated rings. The molecule has 0 aliphatic heterocycles. The molecule has 0 aliphatic carbocycles. The lowest BCUT2D eigenvalue weighted by atomic mass is 10.3. The normalized spacial score (nSPS) is 9.95. The zero-order valence-electron chi connectivity index (χ0n) is 9.67. The van der Waals surface area contributed by atoms with Crippen LogP contribution in [0.1, 0.15) is 0 Å². The number of aromatic nitrogens is 3. The van der Waals surface area contributed by atoms with Crippen LogP contribution in [-0.4, -0.2) is 9.97 Å². The number of anilines is 2. The van der Waals surface area contributed by atoms with Gasteiger partial charge in [-0.25, -0.2) is 9.97 Å². The minimum atomic E-state index is 0.470. The first-order valence-electron chi connectivity index (χ1n) is 5.49. The summed E-state index contributed by atoms with van der Waals surface area (Å²) in [6.07, 6.45) is 1.56. The quantitative estimate of drug-likeness (QED) is 0.804.